The monoisotopic (exact) mass is 680 g/mol. The topological polar surface area (TPSA) is 159 Å². The lowest BCUT2D eigenvalue weighted by molar-refractivity contribution is -0.132. The molecule has 4 aromatic heterocycles. The van der Waals surface area contributed by atoms with Gasteiger partial charge in [0.15, 0.2) is 5.82 Å². The lowest BCUT2D eigenvalue weighted by Gasteiger charge is -2.29. The number of carbonyl (C=O) groups is 2. The summed E-state index contributed by atoms with van der Waals surface area (Å²) >= 11 is 1.67. The number of hydrogen-bond acceptors (Lipinski definition) is 11. The molecule has 3 N–H and O–H groups in total. The molecule has 2 saturated heterocycles. The molecule has 254 valence electrons. The number of amides is 2. The van der Waals surface area contributed by atoms with E-state index in [1.54, 1.807) is 57.7 Å². The van der Waals surface area contributed by atoms with E-state index < -0.39 is 5.41 Å². The Morgan fingerprint density at radius 2 is 1.90 bits per heavy atom. The zero-order valence-corrected chi connectivity index (χ0v) is 28.7. The van der Waals surface area contributed by atoms with Crippen LogP contribution < -0.4 is 15.4 Å². The van der Waals surface area contributed by atoms with Gasteiger partial charge in [0.2, 0.25) is 17.7 Å². The van der Waals surface area contributed by atoms with Crippen molar-refractivity contribution in [2.45, 2.75) is 39.2 Å². The number of pyridine rings is 2. The number of aryl methyl sites for hydroxylation is 1. The highest BCUT2D eigenvalue weighted by Gasteiger charge is 2.51. The third-order valence-corrected chi connectivity index (χ3v) is 10.6. The Balaban J connectivity index is 0.958. The van der Waals surface area contributed by atoms with Crippen LogP contribution in [0.4, 0.5) is 11.5 Å². The number of hydrogen-bond donors (Lipinski definition) is 2. The van der Waals surface area contributed by atoms with Crippen molar-refractivity contribution >= 4 is 45.9 Å². The van der Waals surface area contributed by atoms with Crippen molar-refractivity contribution in [3.63, 3.8) is 0 Å². The summed E-state index contributed by atoms with van der Waals surface area (Å²) < 4.78 is 7.32. The summed E-state index contributed by atoms with van der Waals surface area (Å²) in [5, 5.41) is 13.2. The Bertz CT molecular complexity index is 1930. The molecule has 13 nitrogen and oxygen atoms in total. The number of ether oxygens (including phenoxy) is 1. The Hall–Kier alpha value is -4.95. The summed E-state index contributed by atoms with van der Waals surface area (Å²) in [4.78, 5) is 48.6. The molecule has 2 amide bonds. The van der Waals surface area contributed by atoms with E-state index in [1.165, 1.54) is 10.5 Å². The molecule has 3 aliphatic heterocycles. The van der Waals surface area contributed by atoms with Gasteiger partial charge in [-0.1, -0.05) is 6.08 Å². The normalized spacial score (nSPS) is 19.7. The Kier molecular flexibility index (Phi) is 8.75. The summed E-state index contributed by atoms with van der Waals surface area (Å²) in [5.41, 5.74) is 8.27. The van der Waals surface area contributed by atoms with Gasteiger partial charge in [0, 0.05) is 55.9 Å². The minimum atomic E-state index is -0.554. The van der Waals surface area contributed by atoms with Gasteiger partial charge in [-0.3, -0.25) is 29.5 Å². The van der Waals surface area contributed by atoms with Gasteiger partial charge in [0.25, 0.3) is 0 Å². The lowest BCUT2D eigenvalue weighted by atomic mass is 9.85. The molecule has 1 spiro atoms. The van der Waals surface area contributed by atoms with Crippen LogP contribution in [0.25, 0.3) is 16.3 Å². The fraction of sp³-hybridized carbons (Fsp3) is 0.400. The highest BCUT2D eigenvalue weighted by molar-refractivity contribution is 7.16. The molecule has 1 atom stereocenters. The van der Waals surface area contributed by atoms with Crippen molar-refractivity contribution in [2.24, 2.45) is 12.5 Å². The molecule has 0 aliphatic carbocycles. The standard InChI is InChI=1S/C35H40N10O3S/c1-22(2)48-29-9-4-24(18-38-29)31(37)32-25(36)5-8-28(40-32)45-17-13-35(34(45)47)12-16-43(20-35)19-30(46)44-14-10-23(11-15-44)26-6-7-27(49-26)33-39-21-42(3)41-33/h4-10,18,21-22,37H,11-17,19-20,36H2,1-3H3/t35-/m0/s1. The summed E-state index contributed by atoms with van der Waals surface area (Å²) in [6.45, 7) is 7.13. The molecule has 0 aromatic carbocycles. The zero-order chi connectivity index (χ0) is 34.3. The molecular weight excluding hydrogens is 641 g/mol. The van der Waals surface area contributed by atoms with Crippen LogP contribution in [0.1, 0.15) is 49.2 Å². The second-order valence-corrected chi connectivity index (χ2v) is 14.3. The van der Waals surface area contributed by atoms with Gasteiger partial charge >= 0.3 is 0 Å². The number of thiophene rings is 1. The van der Waals surface area contributed by atoms with E-state index in [0.717, 1.165) is 17.1 Å². The van der Waals surface area contributed by atoms with E-state index in [0.29, 0.717) is 80.8 Å². The van der Waals surface area contributed by atoms with Gasteiger partial charge < -0.3 is 15.4 Å². The molecule has 7 heterocycles. The van der Waals surface area contributed by atoms with Gasteiger partial charge in [-0.25, -0.2) is 15.0 Å². The molecule has 14 heteroatoms. The summed E-state index contributed by atoms with van der Waals surface area (Å²) in [5.74, 6) is 1.77. The summed E-state index contributed by atoms with van der Waals surface area (Å²) in [6, 6.07) is 11.1. The van der Waals surface area contributed by atoms with E-state index in [1.807, 2.05) is 25.8 Å². The van der Waals surface area contributed by atoms with Crippen LogP contribution in [-0.4, -0.2) is 97.4 Å². The van der Waals surface area contributed by atoms with Gasteiger partial charge in [-0.15, -0.1) is 11.3 Å². The van der Waals surface area contributed by atoms with E-state index >= 15 is 0 Å². The van der Waals surface area contributed by atoms with E-state index in [2.05, 4.69) is 38.2 Å². The Morgan fingerprint density at radius 3 is 2.61 bits per heavy atom. The van der Waals surface area contributed by atoms with Crippen LogP contribution in [0, 0.1) is 10.8 Å². The maximum absolute atomic E-state index is 13.9. The predicted octanol–water partition coefficient (Wildman–Crippen LogP) is 3.86. The van der Waals surface area contributed by atoms with Crippen molar-refractivity contribution in [3.05, 3.63) is 71.1 Å². The molecule has 0 saturated carbocycles. The van der Waals surface area contributed by atoms with Crippen molar-refractivity contribution in [1.29, 1.82) is 5.41 Å². The van der Waals surface area contributed by atoms with Crippen LogP contribution in [0.5, 0.6) is 5.88 Å². The third-order valence-electron chi connectivity index (χ3n) is 9.42. The first-order valence-electron chi connectivity index (χ1n) is 16.5. The van der Waals surface area contributed by atoms with Crippen LogP contribution in [-0.2, 0) is 16.6 Å². The average molecular weight is 681 g/mol. The maximum Gasteiger partial charge on any atom is 0.237 e. The van der Waals surface area contributed by atoms with E-state index in [4.69, 9.17) is 20.9 Å². The smallest absolute Gasteiger partial charge is 0.237 e. The van der Waals surface area contributed by atoms with Crippen molar-refractivity contribution < 1.29 is 14.3 Å². The number of nitrogens with zero attached hydrogens (tertiary/aromatic N) is 8. The van der Waals surface area contributed by atoms with E-state index in [-0.39, 0.29) is 23.6 Å². The predicted molar refractivity (Wildman–Crippen MR) is 189 cm³/mol. The fourth-order valence-corrected chi connectivity index (χ4v) is 7.80. The number of carbonyl (C=O) groups excluding carboxylic acids is 2. The van der Waals surface area contributed by atoms with Gasteiger partial charge in [0.1, 0.15) is 17.8 Å². The van der Waals surface area contributed by atoms with E-state index in [9.17, 15) is 9.59 Å². The molecular formula is C35H40N10O3S. The molecule has 4 aromatic rings. The molecule has 0 bridgehead atoms. The number of nitrogens with one attached hydrogen (secondary N) is 1. The molecule has 2 fully saturated rings. The number of nitrogens with two attached hydrogens (primary N) is 1. The van der Waals surface area contributed by atoms with Crippen molar-refractivity contribution in [3.8, 4) is 16.6 Å². The first-order valence-corrected chi connectivity index (χ1v) is 17.4. The number of rotatable bonds is 9. The minimum absolute atomic E-state index is 0.00960. The third kappa shape index (κ3) is 6.57. The summed E-state index contributed by atoms with van der Waals surface area (Å²) in [7, 11) is 1.86. The zero-order valence-electron chi connectivity index (χ0n) is 27.9. The average Bonchev–Trinajstić information content (AvgIpc) is 3.90. The first-order chi connectivity index (χ1) is 23.6. The lowest BCUT2D eigenvalue weighted by Crippen LogP contribution is -2.43. The van der Waals surface area contributed by atoms with Crippen molar-refractivity contribution in [1.82, 2.24) is 34.5 Å². The van der Waals surface area contributed by atoms with Gasteiger partial charge in [-0.2, -0.15) is 5.10 Å². The molecule has 49 heavy (non-hydrogen) atoms. The van der Waals surface area contributed by atoms with Crippen LogP contribution >= 0.6 is 11.3 Å². The largest absolute Gasteiger partial charge is 0.475 e. The first kappa shape index (κ1) is 32.6. The highest BCUT2D eigenvalue weighted by Crippen LogP contribution is 2.42. The molecule has 3 aliphatic rings. The summed E-state index contributed by atoms with van der Waals surface area (Å²) in [6.07, 6.45) is 7.57. The second kappa shape index (κ2) is 13.2. The Morgan fingerprint density at radius 1 is 1.08 bits per heavy atom. The fourth-order valence-electron chi connectivity index (χ4n) is 6.79. The van der Waals surface area contributed by atoms with Crippen LogP contribution in [0.15, 0.2) is 55.0 Å². The molecule has 7 rings (SSSR count). The van der Waals surface area contributed by atoms with Crippen LogP contribution in [0.3, 0.4) is 0 Å². The van der Waals surface area contributed by atoms with Crippen molar-refractivity contribution in [2.75, 3.05) is 49.9 Å². The van der Waals surface area contributed by atoms with Gasteiger partial charge in [0.05, 0.1) is 34.3 Å². The minimum Gasteiger partial charge on any atom is -0.475 e. The quantitative estimate of drug-likeness (QED) is 0.250. The number of nitrogen functional groups attached to an aromatic ring is 1. The SMILES string of the molecule is CC(C)Oc1ccc(C(=N)c2nc(N3CC[C@]4(CCN(CC(=O)N5CC=C(c6ccc(-c7ncn(C)n7)s6)CC5)C4)C3=O)ccc2N)cn1. The Labute approximate surface area is 288 Å². The number of anilines is 2. The molecule has 0 unspecified atom stereocenters. The maximum atomic E-state index is 13.9. The highest BCUT2D eigenvalue weighted by atomic mass is 32.1. The van der Waals surface area contributed by atoms with Gasteiger partial charge in [-0.05, 0) is 75.6 Å². The van der Waals surface area contributed by atoms with Crippen LogP contribution in [0.2, 0.25) is 0 Å². The number of likely N-dealkylation sites (tertiary alicyclic amines) is 1. The second-order valence-electron chi connectivity index (χ2n) is 13.2. The number of aromatic nitrogens is 5. The molecule has 0 radical (unpaired) electrons.